The molecular weight excluding hydrogens is 404 g/mol. The fourth-order valence-corrected chi connectivity index (χ4v) is 4.61. The number of benzene rings is 1. The molecule has 0 N–H and O–H groups in total. The van der Waals surface area contributed by atoms with Crippen molar-refractivity contribution in [3.8, 4) is 5.95 Å². The number of ether oxygens (including phenoxy) is 1. The molecule has 2 aliphatic heterocycles. The smallest absolute Gasteiger partial charge is 0.295 e. The summed E-state index contributed by atoms with van der Waals surface area (Å²) in [6.07, 6.45) is 4.35. The number of hydrogen-bond donors (Lipinski definition) is 0. The van der Waals surface area contributed by atoms with Crippen LogP contribution >= 0.6 is 11.6 Å². The number of aromatic nitrogens is 4. The van der Waals surface area contributed by atoms with Crippen molar-refractivity contribution in [3.63, 3.8) is 0 Å². The zero-order chi connectivity index (χ0) is 20.7. The molecule has 5 rings (SSSR count). The van der Waals surface area contributed by atoms with Crippen LogP contribution in [0.4, 0.5) is 5.69 Å². The number of piperazine rings is 1. The Kier molecular flexibility index (Phi) is 5.22. The van der Waals surface area contributed by atoms with E-state index in [1.54, 1.807) is 6.20 Å². The molecule has 0 radical (unpaired) electrons. The van der Waals surface area contributed by atoms with Crippen molar-refractivity contribution >= 4 is 28.3 Å². The molecule has 2 aliphatic rings. The van der Waals surface area contributed by atoms with Gasteiger partial charge in [-0.15, -0.1) is 0 Å². The van der Waals surface area contributed by atoms with E-state index in [1.165, 1.54) is 4.68 Å². The van der Waals surface area contributed by atoms with Crippen LogP contribution in [0, 0.1) is 0 Å². The van der Waals surface area contributed by atoms with Crippen LogP contribution in [-0.4, -0.2) is 69.7 Å². The maximum atomic E-state index is 13.0. The summed E-state index contributed by atoms with van der Waals surface area (Å²) >= 11 is 6.52. The zero-order valence-corrected chi connectivity index (χ0v) is 17.8. The second kappa shape index (κ2) is 8.02. The van der Waals surface area contributed by atoms with Crippen molar-refractivity contribution in [3.05, 3.63) is 45.8 Å². The first-order valence-corrected chi connectivity index (χ1v) is 10.8. The molecule has 0 bridgehead atoms. The Morgan fingerprint density at radius 3 is 2.73 bits per heavy atom. The molecule has 2 fully saturated rings. The predicted octanol–water partition coefficient (Wildman–Crippen LogP) is 2.07. The number of hydrogen-bond acceptors (Lipinski definition) is 6. The van der Waals surface area contributed by atoms with E-state index in [2.05, 4.69) is 19.9 Å². The Labute approximate surface area is 179 Å². The summed E-state index contributed by atoms with van der Waals surface area (Å²) in [6.45, 7) is 5.32. The van der Waals surface area contributed by atoms with Gasteiger partial charge in [-0.1, -0.05) is 23.7 Å². The first kappa shape index (κ1) is 19.5. The molecule has 158 valence electrons. The number of anilines is 1. The Bertz CT molecular complexity index is 1110. The summed E-state index contributed by atoms with van der Waals surface area (Å²) in [5.41, 5.74) is 2.08. The Balaban J connectivity index is 1.36. The maximum Gasteiger partial charge on any atom is 0.295 e. The summed E-state index contributed by atoms with van der Waals surface area (Å²) < 4.78 is 8.88. The SMILES string of the molecule is Cn1c(-n2ncc(N3CCN(C[C@H]4CCCO4)CC3)c(Cl)c2=O)nc2ccccc21. The average molecular weight is 429 g/mol. The number of fused-ring (bicyclic) bond motifs is 1. The summed E-state index contributed by atoms with van der Waals surface area (Å²) in [5, 5.41) is 4.59. The Morgan fingerprint density at radius 1 is 1.20 bits per heavy atom. The lowest BCUT2D eigenvalue weighted by atomic mass is 10.2. The molecule has 3 aromatic rings. The van der Waals surface area contributed by atoms with Crippen LogP contribution in [0.15, 0.2) is 35.3 Å². The minimum absolute atomic E-state index is 0.185. The van der Waals surface area contributed by atoms with Crippen molar-refractivity contribution in [2.24, 2.45) is 7.05 Å². The summed E-state index contributed by atoms with van der Waals surface area (Å²) in [7, 11) is 1.87. The number of rotatable bonds is 4. The van der Waals surface area contributed by atoms with Gasteiger partial charge in [0.15, 0.2) is 0 Å². The van der Waals surface area contributed by atoms with Crippen LogP contribution in [0.25, 0.3) is 17.0 Å². The van der Waals surface area contributed by atoms with Gasteiger partial charge < -0.3 is 14.2 Å². The van der Waals surface area contributed by atoms with Crippen LogP contribution < -0.4 is 10.5 Å². The van der Waals surface area contributed by atoms with Crippen LogP contribution in [0.5, 0.6) is 0 Å². The summed E-state index contributed by atoms with van der Waals surface area (Å²) in [4.78, 5) is 22.1. The summed E-state index contributed by atoms with van der Waals surface area (Å²) in [6, 6.07) is 7.74. The first-order valence-electron chi connectivity index (χ1n) is 10.4. The normalized spacial score (nSPS) is 20.3. The monoisotopic (exact) mass is 428 g/mol. The zero-order valence-electron chi connectivity index (χ0n) is 17.0. The molecule has 2 saturated heterocycles. The van der Waals surface area contributed by atoms with Crippen molar-refractivity contribution < 1.29 is 4.74 Å². The fourth-order valence-electron chi connectivity index (χ4n) is 4.36. The van der Waals surface area contributed by atoms with E-state index in [0.717, 1.165) is 63.2 Å². The third-order valence-corrected chi connectivity index (χ3v) is 6.41. The number of halogens is 1. The molecular formula is C21H25ClN6O2. The van der Waals surface area contributed by atoms with Gasteiger partial charge in [-0.05, 0) is 25.0 Å². The van der Waals surface area contributed by atoms with Crippen molar-refractivity contribution in [1.29, 1.82) is 0 Å². The second-order valence-electron chi connectivity index (χ2n) is 7.94. The van der Waals surface area contributed by atoms with E-state index in [9.17, 15) is 4.79 Å². The standard InChI is InChI=1S/C21H25ClN6O2/c1-25-17-7-3-2-6-16(17)24-21(25)28-20(29)19(22)18(13-23-28)27-10-8-26(9-11-27)14-15-5-4-12-30-15/h2-3,6-7,13,15H,4-5,8-12,14H2,1H3/t15-/m1/s1. The van der Waals surface area contributed by atoms with Gasteiger partial charge >= 0.3 is 0 Å². The highest BCUT2D eigenvalue weighted by Gasteiger charge is 2.25. The van der Waals surface area contributed by atoms with Crippen molar-refractivity contribution in [2.45, 2.75) is 18.9 Å². The third kappa shape index (κ3) is 3.49. The van der Waals surface area contributed by atoms with E-state index >= 15 is 0 Å². The number of nitrogens with zero attached hydrogens (tertiary/aromatic N) is 6. The van der Waals surface area contributed by atoms with Gasteiger partial charge in [0.25, 0.3) is 5.56 Å². The van der Waals surface area contributed by atoms with Crippen LogP contribution in [0.1, 0.15) is 12.8 Å². The molecule has 30 heavy (non-hydrogen) atoms. The van der Waals surface area contributed by atoms with Gasteiger partial charge in [0.1, 0.15) is 5.02 Å². The van der Waals surface area contributed by atoms with Gasteiger partial charge in [0, 0.05) is 46.4 Å². The first-order chi connectivity index (χ1) is 14.6. The molecule has 8 nitrogen and oxygen atoms in total. The van der Waals surface area contributed by atoms with Gasteiger partial charge in [0.05, 0.1) is 29.0 Å². The quantitative estimate of drug-likeness (QED) is 0.633. The van der Waals surface area contributed by atoms with Gasteiger partial charge in [-0.3, -0.25) is 9.69 Å². The highest BCUT2D eigenvalue weighted by molar-refractivity contribution is 6.33. The van der Waals surface area contributed by atoms with E-state index in [1.807, 2.05) is 35.9 Å². The van der Waals surface area contributed by atoms with E-state index in [-0.39, 0.29) is 10.6 Å². The average Bonchev–Trinajstić information content (AvgIpc) is 3.39. The predicted molar refractivity (Wildman–Crippen MR) is 117 cm³/mol. The van der Waals surface area contributed by atoms with E-state index in [0.29, 0.717) is 17.7 Å². The highest BCUT2D eigenvalue weighted by atomic mass is 35.5. The minimum atomic E-state index is -0.352. The topological polar surface area (TPSA) is 68.4 Å². The van der Waals surface area contributed by atoms with Crippen LogP contribution in [0.3, 0.4) is 0 Å². The number of imidazole rings is 1. The van der Waals surface area contributed by atoms with E-state index < -0.39 is 0 Å². The van der Waals surface area contributed by atoms with Crippen molar-refractivity contribution in [1.82, 2.24) is 24.2 Å². The highest BCUT2D eigenvalue weighted by Crippen LogP contribution is 2.24. The minimum Gasteiger partial charge on any atom is -0.377 e. The lowest BCUT2D eigenvalue weighted by Crippen LogP contribution is -2.49. The van der Waals surface area contributed by atoms with Gasteiger partial charge in [-0.2, -0.15) is 9.78 Å². The lowest BCUT2D eigenvalue weighted by molar-refractivity contribution is 0.0712. The molecule has 0 saturated carbocycles. The molecule has 0 amide bonds. The van der Waals surface area contributed by atoms with E-state index in [4.69, 9.17) is 16.3 Å². The Hall–Kier alpha value is -2.42. The molecule has 9 heteroatoms. The molecule has 1 aromatic carbocycles. The molecule has 0 spiro atoms. The summed E-state index contributed by atoms with van der Waals surface area (Å²) in [5.74, 6) is 0.455. The van der Waals surface area contributed by atoms with Gasteiger partial charge in [0.2, 0.25) is 5.95 Å². The number of para-hydroxylation sites is 2. The van der Waals surface area contributed by atoms with Crippen LogP contribution in [0.2, 0.25) is 5.02 Å². The molecule has 2 aromatic heterocycles. The lowest BCUT2D eigenvalue weighted by Gasteiger charge is -2.37. The van der Waals surface area contributed by atoms with Crippen molar-refractivity contribution in [2.75, 3.05) is 44.2 Å². The largest absolute Gasteiger partial charge is 0.377 e. The molecule has 0 unspecified atom stereocenters. The molecule has 1 atom stereocenters. The fraction of sp³-hybridized carbons (Fsp3) is 0.476. The number of aryl methyl sites for hydroxylation is 1. The van der Waals surface area contributed by atoms with Crippen LogP contribution in [-0.2, 0) is 11.8 Å². The maximum absolute atomic E-state index is 13.0. The molecule has 4 heterocycles. The van der Waals surface area contributed by atoms with Gasteiger partial charge in [-0.25, -0.2) is 4.98 Å². The second-order valence-corrected chi connectivity index (χ2v) is 8.32. The third-order valence-electron chi connectivity index (χ3n) is 6.05. The molecule has 0 aliphatic carbocycles. The Morgan fingerprint density at radius 2 is 2.00 bits per heavy atom.